The summed E-state index contributed by atoms with van der Waals surface area (Å²) in [7, 11) is 1.75. The second-order valence-electron chi connectivity index (χ2n) is 4.99. The zero-order valence-corrected chi connectivity index (χ0v) is 14.0. The van der Waals surface area contributed by atoms with E-state index in [1.165, 1.54) is 0 Å². The van der Waals surface area contributed by atoms with E-state index < -0.39 is 0 Å². The number of nitrogens with zero attached hydrogens (tertiary/aromatic N) is 1. The molecule has 0 spiro atoms. The molecule has 0 saturated carbocycles. The third-order valence-corrected chi connectivity index (χ3v) is 3.52. The number of benzene rings is 2. The summed E-state index contributed by atoms with van der Waals surface area (Å²) in [5.41, 5.74) is 0.627. The highest BCUT2D eigenvalue weighted by Crippen LogP contribution is 2.16. The first kappa shape index (κ1) is 17.2. The van der Waals surface area contributed by atoms with Gasteiger partial charge in [-0.25, -0.2) is 0 Å². The van der Waals surface area contributed by atoms with Gasteiger partial charge < -0.3 is 14.4 Å². The Labute approximate surface area is 141 Å². The quantitative estimate of drug-likeness (QED) is 0.771. The monoisotopic (exact) mass is 333 g/mol. The van der Waals surface area contributed by atoms with Crippen molar-refractivity contribution in [2.24, 2.45) is 0 Å². The van der Waals surface area contributed by atoms with Crippen molar-refractivity contribution >= 4 is 17.5 Å². The van der Waals surface area contributed by atoms with Crippen molar-refractivity contribution < 1.29 is 14.3 Å². The maximum absolute atomic E-state index is 12.3. The average Bonchev–Trinajstić information content (AvgIpc) is 2.57. The summed E-state index contributed by atoms with van der Waals surface area (Å²) in [6.07, 6.45) is 0. The van der Waals surface area contributed by atoms with Gasteiger partial charge in [-0.3, -0.25) is 4.79 Å². The third-order valence-electron chi connectivity index (χ3n) is 3.27. The zero-order chi connectivity index (χ0) is 16.7. The Balaban J connectivity index is 1.83. The summed E-state index contributed by atoms with van der Waals surface area (Å²) in [5, 5.41) is 0.667. The van der Waals surface area contributed by atoms with Gasteiger partial charge in [-0.1, -0.05) is 11.6 Å². The predicted octanol–water partition coefficient (Wildman–Crippen LogP) is 3.89. The molecule has 0 aliphatic rings. The number of rotatable bonds is 7. The molecule has 0 unspecified atom stereocenters. The van der Waals surface area contributed by atoms with Crippen LogP contribution in [0.2, 0.25) is 5.02 Å². The first-order valence-electron chi connectivity index (χ1n) is 7.47. The number of hydrogen-bond donors (Lipinski definition) is 0. The zero-order valence-electron chi connectivity index (χ0n) is 13.3. The molecule has 122 valence electrons. The molecule has 0 radical (unpaired) electrons. The summed E-state index contributed by atoms with van der Waals surface area (Å²) in [4.78, 5) is 13.9. The Morgan fingerprint density at radius 2 is 1.57 bits per heavy atom. The molecule has 0 fully saturated rings. The topological polar surface area (TPSA) is 38.8 Å². The molecule has 0 N–H and O–H groups in total. The van der Waals surface area contributed by atoms with Crippen LogP contribution in [0.5, 0.6) is 11.5 Å². The fourth-order valence-corrected chi connectivity index (χ4v) is 2.14. The predicted molar refractivity (Wildman–Crippen MR) is 91.5 cm³/mol. The molecular weight excluding hydrogens is 314 g/mol. The smallest absolute Gasteiger partial charge is 0.253 e. The Kier molecular flexibility index (Phi) is 6.29. The van der Waals surface area contributed by atoms with Gasteiger partial charge >= 0.3 is 0 Å². The van der Waals surface area contributed by atoms with Crippen LogP contribution >= 0.6 is 11.6 Å². The van der Waals surface area contributed by atoms with Crippen LogP contribution in [0, 0.1) is 0 Å². The van der Waals surface area contributed by atoms with E-state index in [2.05, 4.69) is 0 Å². The fraction of sp³-hybridized carbons (Fsp3) is 0.278. The summed E-state index contributed by atoms with van der Waals surface area (Å²) in [5.74, 6) is 1.45. The van der Waals surface area contributed by atoms with Crippen molar-refractivity contribution in [2.45, 2.75) is 6.92 Å². The van der Waals surface area contributed by atoms with Gasteiger partial charge in [-0.2, -0.15) is 0 Å². The van der Waals surface area contributed by atoms with Gasteiger partial charge in [-0.15, -0.1) is 0 Å². The second-order valence-corrected chi connectivity index (χ2v) is 5.42. The minimum atomic E-state index is -0.0484. The number of halogens is 1. The minimum absolute atomic E-state index is 0.0484. The normalized spacial score (nSPS) is 10.2. The molecule has 0 aliphatic heterocycles. The molecule has 2 aromatic rings. The van der Waals surface area contributed by atoms with E-state index in [-0.39, 0.29) is 5.91 Å². The first-order chi connectivity index (χ1) is 11.1. The van der Waals surface area contributed by atoms with Crippen molar-refractivity contribution in [1.29, 1.82) is 0 Å². The number of ether oxygens (including phenoxy) is 2. The molecule has 0 saturated heterocycles. The first-order valence-corrected chi connectivity index (χ1v) is 7.84. The molecule has 0 bridgehead atoms. The van der Waals surface area contributed by atoms with Crippen molar-refractivity contribution in [3.63, 3.8) is 0 Å². The molecule has 2 aromatic carbocycles. The lowest BCUT2D eigenvalue weighted by Gasteiger charge is -2.17. The van der Waals surface area contributed by atoms with Crippen molar-refractivity contribution in [3.8, 4) is 11.5 Å². The molecule has 0 aliphatic carbocycles. The van der Waals surface area contributed by atoms with E-state index >= 15 is 0 Å². The number of likely N-dealkylation sites (N-methyl/N-ethyl adjacent to an activating group) is 1. The molecule has 0 aromatic heterocycles. The van der Waals surface area contributed by atoms with Gasteiger partial charge in [0.25, 0.3) is 5.91 Å². The van der Waals surface area contributed by atoms with Crippen LogP contribution in [0.3, 0.4) is 0 Å². The van der Waals surface area contributed by atoms with Gasteiger partial charge in [0.15, 0.2) is 0 Å². The van der Waals surface area contributed by atoms with Crippen LogP contribution in [0.1, 0.15) is 17.3 Å². The van der Waals surface area contributed by atoms with E-state index in [0.717, 1.165) is 11.5 Å². The highest BCUT2D eigenvalue weighted by atomic mass is 35.5. The summed E-state index contributed by atoms with van der Waals surface area (Å²) < 4.78 is 11.0. The van der Waals surface area contributed by atoms with Crippen LogP contribution in [0.25, 0.3) is 0 Å². The number of carbonyl (C=O) groups excluding carboxylic acids is 1. The van der Waals surface area contributed by atoms with Crippen molar-refractivity contribution in [1.82, 2.24) is 4.90 Å². The Morgan fingerprint density at radius 3 is 2.17 bits per heavy atom. The van der Waals surface area contributed by atoms with Crippen molar-refractivity contribution in [2.75, 3.05) is 26.8 Å². The lowest BCUT2D eigenvalue weighted by Crippen LogP contribution is -2.30. The van der Waals surface area contributed by atoms with Crippen LogP contribution in [0.4, 0.5) is 0 Å². The van der Waals surface area contributed by atoms with Gasteiger partial charge in [0.05, 0.1) is 13.2 Å². The largest absolute Gasteiger partial charge is 0.494 e. The van der Waals surface area contributed by atoms with Crippen molar-refractivity contribution in [3.05, 3.63) is 59.1 Å². The Hall–Kier alpha value is -2.20. The van der Waals surface area contributed by atoms with E-state index in [1.54, 1.807) is 60.5 Å². The minimum Gasteiger partial charge on any atom is -0.494 e. The van der Waals surface area contributed by atoms with Gasteiger partial charge in [0, 0.05) is 17.6 Å². The fourth-order valence-electron chi connectivity index (χ4n) is 2.01. The molecule has 0 atom stereocenters. The highest BCUT2D eigenvalue weighted by Gasteiger charge is 2.11. The molecule has 4 nitrogen and oxygen atoms in total. The van der Waals surface area contributed by atoms with E-state index in [9.17, 15) is 4.79 Å². The van der Waals surface area contributed by atoms with E-state index in [0.29, 0.717) is 30.3 Å². The van der Waals surface area contributed by atoms with Gasteiger partial charge in [-0.05, 0) is 55.5 Å². The van der Waals surface area contributed by atoms with E-state index in [4.69, 9.17) is 21.1 Å². The average molecular weight is 334 g/mol. The van der Waals surface area contributed by atoms with E-state index in [1.807, 2.05) is 6.92 Å². The standard InChI is InChI=1S/C18H20ClNO3/c1-3-22-16-8-4-14(5-9-16)18(21)20(2)12-13-23-17-10-6-15(19)7-11-17/h4-11H,3,12-13H2,1-2H3. The maximum Gasteiger partial charge on any atom is 0.253 e. The number of amides is 1. The summed E-state index contributed by atoms with van der Waals surface area (Å²) in [6.45, 7) is 3.44. The molecule has 2 rings (SSSR count). The second kappa shape index (κ2) is 8.44. The molecule has 5 heteroatoms. The summed E-state index contributed by atoms with van der Waals surface area (Å²) in [6, 6.07) is 14.3. The third kappa shape index (κ3) is 5.18. The van der Waals surface area contributed by atoms with Gasteiger partial charge in [0.1, 0.15) is 18.1 Å². The number of hydrogen-bond acceptors (Lipinski definition) is 3. The van der Waals surface area contributed by atoms with Crippen LogP contribution in [-0.2, 0) is 0 Å². The summed E-state index contributed by atoms with van der Waals surface area (Å²) >= 11 is 5.82. The van der Waals surface area contributed by atoms with Crippen LogP contribution < -0.4 is 9.47 Å². The Bertz CT molecular complexity index is 626. The SMILES string of the molecule is CCOc1ccc(C(=O)N(C)CCOc2ccc(Cl)cc2)cc1. The van der Waals surface area contributed by atoms with Crippen LogP contribution in [-0.4, -0.2) is 37.6 Å². The molecule has 0 heterocycles. The van der Waals surface area contributed by atoms with Gasteiger partial charge in [0.2, 0.25) is 0 Å². The molecule has 1 amide bonds. The number of carbonyl (C=O) groups is 1. The highest BCUT2D eigenvalue weighted by molar-refractivity contribution is 6.30. The Morgan fingerprint density at radius 1 is 1.00 bits per heavy atom. The lowest BCUT2D eigenvalue weighted by atomic mass is 10.2. The molecule has 23 heavy (non-hydrogen) atoms. The lowest BCUT2D eigenvalue weighted by molar-refractivity contribution is 0.0773. The maximum atomic E-state index is 12.3. The molecular formula is C18H20ClNO3. The van der Waals surface area contributed by atoms with Crippen LogP contribution in [0.15, 0.2) is 48.5 Å².